The van der Waals surface area contributed by atoms with Gasteiger partial charge in [0.25, 0.3) is 0 Å². The first-order valence-corrected chi connectivity index (χ1v) is 6.98. The number of carboxylic acid groups (broad SMARTS) is 1. The first kappa shape index (κ1) is 13.1. The van der Waals surface area contributed by atoms with Crippen LogP contribution in [0.5, 0.6) is 0 Å². The maximum absolute atomic E-state index is 10.5. The van der Waals surface area contributed by atoms with E-state index in [0.717, 1.165) is 19.3 Å². The summed E-state index contributed by atoms with van der Waals surface area (Å²) in [5.74, 6) is -0.0148. The third-order valence-electron chi connectivity index (χ3n) is 4.01. The standard InChI is InChI=1S/C16H22O2/c1-12-6-4-8-14-10-5-9-13(16(12)14)7-2-3-11-15(17)18/h4,6,8,13H,2-3,5,7,9-11H2,1H3,(H,17,18). The second-order valence-corrected chi connectivity index (χ2v) is 5.38. The van der Waals surface area contributed by atoms with Crippen LogP contribution in [0.1, 0.15) is 61.1 Å². The summed E-state index contributed by atoms with van der Waals surface area (Å²) in [6.07, 6.45) is 7.06. The van der Waals surface area contributed by atoms with E-state index in [4.69, 9.17) is 5.11 Å². The van der Waals surface area contributed by atoms with E-state index in [2.05, 4.69) is 25.1 Å². The second-order valence-electron chi connectivity index (χ2n) is 5.38. The molecule has 0 heterocycles. The molecule has 2 nitrogen and oxygen atoms in total. The molecule has 1 aromatic rings. The zero-order chi connectivity index (χ0) is 13.0. The number of carbonyl (C=O) groups is 1. The molecule has 1 aliphatic rings. The van der Waals surface area contributed by atoms with Crippen LogP contribution in [0.3, 0.4) is 0 Å². The predicted octanol–water partition coefficient (Wildman–Crippen LogP) is 4.06. The third-order valence-corrected chi connectivity index (χ3v) is 4.01. The highest BCUT2D eigenvalue weighted by Crippen LogP contribution is 2.37. The molecule has 0 radical (unpaired) electrons. The summed E-state index contributed by atoms with van der Waals surface area (Å²) in [6.45, 7) is 2.20. The summed E-state index contributed by atoms with van der Waals surface area (Å²) in [4.78, 5) is 10.5. The Kier molecular flexibility index (Phi) is 4.40. The molecule has 2 rings (SSSR count). The minimum absolute atomic E-state index is 0.313. The van der Waals surface area contributed by atoms with Gasteiger partial charge in [-0.3, -0.25) is 4.79 Å². The molecule has 1 aromatic carbocycles. The first-order chi connectivity index (χ1) is 8.68. The van der Waals surface area contributed by atoms with Gasteiger partial charge in [-0.15, -0.1) is 0 Å². The van der Waals surface area contributed by atoms with Crippen molar-refractivity contribution in [2.24, 2.45) is 0 Å². The summed E-state index contributed by atoms with van der Waals surface area (Å²) in [6, 6.07) is 6.61. The maximum Gasteiger partial charge on any atom is 0.303 e. The van der Waals surface area contributed by atoms with Gasteiger partial charge in [-0.1, -0.05) is 24.6 Å². The number of aryl methyl sites for hydroxylation is 2. The number of hydrogen-bond donors (Lipinski definition) is 1. The Morgan fingerprint density at radius 3 is 3.00 bits per heavy atom. The van der Waals surface area contributed by atoms with E-state index < -0.39 is 5.97 Å². The van der Waals surface area contributed by atoms with Crippen molar-refractivity contribution in [3.05, 3.63) is 34.9 Å². The Bertz CT molecular complexity index is 423. The van der Waals surface area contributed by atoms with Crippen LogP contribution in [0.4, 0.5) is 0 Å². The topological polar surface area (TPSA) is 37.3 Å². The molecule has 0 amide bonds. The molecule has 98 valence electrons. The van der Waals surface area contributed by atoms with Gasteiger partial charge >= 0.3 is 5.97 Å². The molecule has 0 bridgehead atoms. The molecule has 0 saturated carbocycles. The van der Waals surface area contributed by atoms with E-state index in [9.17, 15) is 4.79 Å². The summed E-state index contributed by atoms with van der Waals surface area (Å²) in [5, 5.41) is 8.65. The Labute approximate surface area is 109 Å². The molecule has 18 heavy (non-hydrogen) atoms. The molecule has 0 spiro atoms. The summed E-state index contributed by atoms with van der Waals surface area (Å²) < 4.78 is 0. The van der Waals surface area contributed by atoms with Crippen molar-refractivity contribution in [2.75, 3.05) is 0 Å². The Morgan fingerprint density at radius 2 is 2.22 bits per heavy atom. The Morgan fingerprint density at radius 1 is 1.39 bits per heavy atom. The molecule has 1 unspecified atom stereocenters. The molecule has 1 aliphatic carbocycles. The first-order valence-electron chi connectivity index (χ1n) is 6.98. The minimum Gasteiger partial charge on any atom is -0.481 e. The van der Waals surface area contributed by atoms with Crippen molar-refractivity contribution < 1.29 is 9.90 Å². The third kappa shape index (κ3) is 3.12. The van der Waals surface area contributed by atoms with E-state index in [1.54, 1.807) is 5.56 Å². The lowest BCUT2D eigenvalue weighted by Gasteiger charge is -2.27. The lowest BCUT2D eigenvalue weighted by atomic mass is 9.78. The fraction of sp³-hybridized carbons (Fsp3) is 0.562. The van der Waals surface area contributed by atoms with E-state index in [0.29, 0.717) is 12.3 Å². The fourth-order valence-corrected chi connectivity index (χ4v) is 3.18. The van der Waals surface area contributed by atoms with Crippen molar-refractivity contribution in [3.8, 4) is 0 Å². The molecule has 0 saturated heterocycles. The monoisotopic (exact) mass is 246 g/mol. The molecular formula is C16H22O2. The maximum atomic E-state index is 10.5. The number of hydrogen-bond acceptors (Lipinski definition) is 1. The molecular weight excluding hydrogens is 224 g/mol. The van der Waals surface area contributed by atoms with Crippen LogP contribution < -0.4 is 0 Å². The van der Waals surface area contributed by atoms with E-state index in [1.807, 2.05) is 0 Å². The van der Waals surface area contributed by atoms with Crippen molar-refractivity contribution in [1.29, 1.82) is 0 Å². The average molecular weight is 246 g/mol. The van der Waals surface area contributed by atoms with Gasteiger partial charge in [-0.25, -0.2) is 0 Å². The van der Waals surface area contributed by atoms with E-state index >= 15 is 0 Å². The summed E-state index contributed by atoms with van der Waals surface area (Å²) in [7, 11) is 0. The van der Waals surface area contributed by atoms with Gasteiger partial charge in [-0.2, -0.15) is 0 Å². The van der Waals surface area contributed by atoms with Crippen LogP contribution in [0.25, 0.3) is 0 Å². The molecule has 0 aliphatic heterocycles. The molecule has 0 fully saturated rings. The van der Waals surface area contributed by atoms with Gasteiger partial charge in [0.15, 0.2) is 0 Å². The number of unbranched alkanes of at least 4 members (excludes halogenated alkanes) is 1. The largest absolute Gasteiger partial charge is 0.481 e. The van der Waals surface area contributed by atoms with Gasteiger partial charge in [0.05, 0.1) is 0 Å². The van der Waals surface area contributed by atoms with Crippen LogP contribution >= 0.6 is 0 Å². The van der Waals surface area contributed by atoms with Crippen LogP contribution in [0, 0.1) is 6.92 Å². The van der Waals surface area contributed by atoms with Crippen molar-refractivity contribution in [2.45, 2.75) is 57.8 Å². The average Bonchev–Trinajstić information content (AvgIpc) is 2.34. The number of rotatable bonds is 5. The fourth-order valence-electron chi connectivity index (χ4n) is 3.18. The van der Waals surface area contributed by atoms with Crippen LogP contribution in [-0.2, 0) is 11.2 Å². The lowest BCUT2D eigenvalue weighted by molar-refractivity contribution is -0.137. The predicted molar refractivity (Wildman–Crippen MR) is 73.0 cm³/mol. The van der Waals surface area contributed by atoms with E-state index in [-0.39, 0.29) is 0 Å². The van der Waals surface area contributed by atoms with Crippen molar-refractivity contribution >= 4 is 5.97 Å². The molecule has 1 N–H and O–H groups in total. The summed E-state index contributed by atoms with van der Waals surface area (Å²) in [5.41, 5.74) is 4.49. The van der Waals surface area contributed by atoms with Gasteiger partial charge in [0.1, 0.15) is 0 Å². The quantitative estimate of drug-likeness (QED) is 0.795. The number of carboxylic acids is 1. The van der Waals surface area contributed by atoms with Gasteiger partial charge < -0.3 is 5.11 Å². The van der Waals surface area contributed by atoms with Gasteiger partial charge in [0, 0.05) is 6.42 Å². The highest BCUT2D eigenvalue weighted by atomic mass is 16.4. The zero-order valence-corrected chi connectivity index (χ0v) is 11.1. The SMILES string of the molecule is Cc1cccc2c1C(CCCCC(=O)O)CCC2. The minimum atomic E-state index is -0.671. The Balaban J connectivity index is 1.97. The van der Waals surface area contributed by atoms with Gasteiger partial charge in [-0.05, 0) is 61.6 Å². The highest BCUT2D eigenvalue weighted by molar-refractivity contribution is 5.66. The second kappa shape index (κ2) is 6.03. The van der Waals surface area contributed by atoms with Crippen molar-refractivity contribution in [3.63, 3.8) is 0 Å². The molecule has 2 heteroatoms. The molecule has 1 atom stereocenters. The normalized spacial score (nSPS) is 18.4. The van der Waals surface area contributed by atoms with E-state index in [1.165, 1.54) is 30.4 Å². The summed E-state index contributed by atoms with van der Waals surface area (Å²) >= 11 is 0. The van der Waals surface area contributed by atoms with Crippen molar-refractivity contribution in [1.82, 2.24) is 0 Å². The van der Waals surface area contributed by atoms with Crippen LogP contribution in [0.15, 0.2) is 18.2 Å². The zero-order valence-electron chi connectivity index (χ0n) is 11.1. The number of benzene rings is 1. The number of aliphatic carboxylic acids is 1. The smallest absolute Gasteiger partial charge is 0.303 e. The molecule has 0 aromatic heterocycles. The highest BCUT2D eigenvalue weighted by Gasteiger charge is 2.21. The Hall–Kier alpha value is -1.31. The van der Waals surface area contributed by atoms with Crippen LogP contribution in [0.2, 0.25) is 0 Å². The van der Waals surface area contributed by atoms with Gasteiger partial charge in [0.2, 0.25) is 0 Å². The van der Waals surface area contributed by atoms with Crippen LogP contribution in [-0.4, -0.2) is 11.1 Å². The number of fused-ring (bicyclic) bond motifs is 1. The lowest BCUT2D eigenvalue weighted by Crippen LogP contribution is -2.11.